The lowest BCUT2D eigenvalue weighted by molar-refractivity contribution is -0.757. The van der Waals surface area contributed by atoms with Crippen molar-refractivity contribution in [1.82, 2.24) is 9.80 Å². The number of hydrogen-bond donors (Lipinski definition) is 0. The molecule has 13 nitrogen and oxygen atoms in total. The third kappa shape index (κ3) is 9.54. The minimum absolute atomic E-state index is 0.0212. The molecule has 1 fully saturated rings. The number of nitrogens with zero attached hydrogens (tertiary/aromatic N) is 3. The zero-order valence-electron chi connectivity index (χ0n) is 28.3. The fourth-order valence-electron chi connectivity index (χ4n) is 5.94. The molecule has 0 aromatic heterocycles. The van der Waals surface area contributed by atoms with Gasteiger partial charge in [-0.2, -0.15) is 0 Å². The highest BCUT2D eigenvalue weighted by Crippen LogP contribution is 2.40. The molecule has 2 heterocycles. The monoisotopic (exact) mass is 761 g/mol. The Labute approximate surface area is 306 Å². The van der Waals surface area contributed by atoms with Crippen LogP contribution < -0.4 is 18.9 Å². The van der Waals surface area contributed by atoms with E-state index in [9.17, 15) is 32.9 Å². The van der Waals surface area contributed by atoms with Crippen LogP contribution in [0.15, 0.2) is 54.1 Å². The molecule has 1 aliphatic carbocycles. The molecule has 3 aromatic rings. The second kappa shape index (κ2) is 17.0. The zero-order chi connectivity index (χ0) is 37.5. The molecular weight excluding hydrogens is 727 g/mol. The van der Waals surface area contributed by atoms with E-state index in [1.165, 1.54) is 4.90 Å². The Balaban J connectivity index is 1.17. The minimum atomic E-state index is -1.16. The number of carbonyl (C=O) groups is 2. The fraction of sp³-hybridized carbons (Fsp3) is 0.389. The molecule has 0 bridgehead atoms. The van der Waals surface area contributed by atoms with Crippen LogP contribution in [-0.2, 0) is 20.9 Å². The molecule has 53 heavy (non-hydrogen) atoms. The number of hydrogen-bond acceptors (Lipinski definition) is 10. The Bertz CT molecular complexity index is 1850. The first-order valence-corrected chi connectivity index (χ1v) is 17.3. The van der Waals surface area contributed by atoms with Crippen molar-refractivity contribution in [3.05, 3.63) is 97.8 Å². The number of unbranched alkanes of at least 4 members (excludes halogenated alkanes) is 1. The van der Waals surface area contributed by atoms with E-state index >= 15 is 0 Å². The van der Waals surface area contributed by atoms with Crippen LogP contribution in [0.4, 0.5) is 18.0 Å². The average molecular weight is 762 g/mol. The lowest BCUT2D eigenvalue weighted by atomic mass is 9.92. The first-order chi connectivity index (χ1) is 25.6. The number of rotatable bonds is 16. The smallest absolute Gasteiger partial charge is 0.410 e. The number of benzene rings is 3. The fourth-order valence-corrected chi connectivity index (χ4v) is 6.15. The summed E-state index contributed by atoms with van der Waals surface area (Å²) in [5.41, 5.74) is 2.54. The van der Waals surface area contributed by atoms with Crippen LogP contribution in [0.3, 0.4) is 0 Å². The Morgan fingerprint density at radius 2 is 1.62 bits per heavy atom. The number of ether oxygens (including phenoxy) is 5. The van der Waals surface area contributed by atoms with Crippen molar-refractivity contribution in [3.8, 4) is 23.0 Å². The molecule has 0 atom stereocenters. The lowest BCUT2D eigenvalue weighted by Gasteiger charge is -2.33. The largest absolute Gasteiger partial charge is 0.490 e. The molecule has 3 aliphatic rings. The van der Waals surface area contributed by atoms with Crippen molar-refractivity contribution in [2.45, 2.75) is 44.7 Å². The molecule has 6 rings (SSSR count). The van der Waals surface area contributed by atoms with Gasteiger partial charge in [0, 0.05) is 47.9 Å². The molecular formula is C36H35ClF3N3O10. The van der Waals surface area contributed by atoms with Crippen LogP contribution in [0.25, 0.3) is 5.57 Å². The molecule has 1 saturated carbocycles. The van der Waals surface area contributed by atoms with E-state index < -0.39 is 34.4 Å². The molecule has 0 spiro atoms. The summed E-state index contributed by atoms with van der Waals surface area (Å²) in [4.78, 5) is 45.5. The van der Waals surface area contributed by atoms with Crippen LogP contribution in [-0.4, -0.2) is 79.2 Å². The second-order valence-corrected chi connectivity index (χ2v) is 12.8. The van der Waals surface area contributed by atoms with E-state index in [1.54, 1.807) is 41.3 Å². The predicted molar refractivity (Wildman–Crippen MR) is 182 cm³/mol. The van der Waals surface area contributed by atoms with Gasteiger partial charge < -0.3 is 38.3 Å². The molecule has 17 heteroatoms. The van der Waals surface area contributed by atoms with Crippen molar-refractivity contribution in [2.24, 2.45) is 0 Å². The maximum atomic E-state index is 14.5. The van der Waals surface area contributed by atoms with E-state index in [-0.39, 0.29) is 64.8 Å². The van der Waals surface area contributed by atoms with E-state index in [2.05, 4.69) is 4.84 Å². The molecule has 0 N–H and O–H groups in total. The summed E-state index contributed by atoms with van der Waals surface area (Å²) in [5, 5.41) is 9.90. The Morgan fingerprint density at radius 1 is 0.943 bits per heavy atom. The molecule has 0 saturated heterocycles. The van der Waals surface area contributed by atoms with E-state index in [0.717, 1.165) is 24.0 Å². The SMILES string of the molecule is O=C(OCCCCO[N+](=O)[O-])N1CCC(c2ccc(OCCOc3c(F)cc(F)cc3F)cc2)=C(C(=O)N(Cc2cc3c(cc2Cl)OCO3)C2CC2)C1. The van der Waals surface area contributed by atoms with Crippen molar-refractivity contribution in [3.63, 3.8) is 0 Å². The maximum absolute atomic E-state index is 14.5. The van der Waals surface area contributed by atoms with Crippen molar-refractivity contribution in [2.75, 3.05) is 46.3 Å². The van der Waals surface area contributed by atoms with Crippen molar-refractivity contribution in [1.29, 1.82) is 0 Å². The van der Waals surface area contributed by atoms with Gasteiger partial charge in [-0.15, -0.1) is 10.1 Å². The molecule has 282 valence electrons. The minimum Gasteiger partial charge on any atom is -0.490 e. The first-order valence-electron chi connectivity index (χ1n) is 16.9. The molecule has 3 aromatic carbocycles. The summed E-state index contributed by atoms with van der Waals surface area (Å²) >= 11 is 6.60. The Kier molecular flexibility index (Phi) is 12.0. The highest BCUT2D eigenvalue weighted by molar-refractivity contribution is 6.31. The van der Waals surface area contributed by atoms with Crippen LogP contribution in [0.2, 0.25) is 5.02 Å². The number of amides is 2. The van der Waals surface area contributed by atoms with Gasteiger partial charge in [-0.1, -0.05) is 23.7 Å². The maximum Gasteiger partial charge on any atom is 0.410 e. The Morgan fingerprint density at radius 3 is 2.32 bits per heavy atom. The van der Waals surface area contributed by atoms with Gasteiger partial charge in [0.2, 0.25) is 6.79 Å². The summed E-state index contributed by atoms with van der Waals surface area (Å²) in [7, 11) is 0. The lowest BCUT2D eigenvalue weighted by Crippen LogP contribution is -2.43. The molecule has 0 unspecified atom stereocenters. The number of carbonyl (C=O) groups excluding carboxylic acids is 2. The standard InChI is InChI=1S/C36H35ClF3N3O10/c37-29-18-33-32(51-21-52-33)15-23(29)19-42(25-5-6-25)35(44)28-20-41(36(45)50-11-1-2-12-53-43(46)47)10-9-27(28)22-3-7-26(8-4-22)48-13-14-49-34-30(39)16-24(38)17-31(34)40/h3-4,7-8,15-18,25H,1-2,5-6,9-14,19-21H2. The van der Waals surface area contributed by atoms with Crippen molar-refractivity contribution >= 4 is 29.2 Å². The predicted octanol–water partition coefficient (Wildman–Crippen LogP) is 6.72. The van der Waals surface area contributed by atoms with Crippen LogP contribution in [0.1, 0.15) is 43.2 Å². The average Bonchev–Trinajstić information content (AvgIpc) is 3.88. The van der Waals surface area contributed by atoms with Crippen LogP contribution in [0, 0.1) is 27.6 Å². The van der Waals surface area contributed by atoms with Gasteiger partial charge in [-0.3, -0.25) is 4.79 Å². The van der Waals surface area contributed by atoms with Gasteiger partial charge in [-0.25, -0.2) is 18.0 Å². The molecule has 2 aliphatic heterocycles. The van der Waals surface area contributed by atoms with Crippen LogP contribution >= 0.6 is 11.6 Å². The van der Waals surface area contributed by atoms with Crippen molar-refractivity contribution < 1.29 is 56.4 Å². The topological polar surface area (TPSA) is 139 Å². The summed E-state index contributed by atoms with van der Waals surface area (Å²) in [6.07, 6.45) is 1.99. The van der Waals surface area contributed by atoms with Gasteiger partial charge in [0.15, 0.2) is 28.9 Å². The quantitative estimate of drug-likeness (QED) is 0.0879. The third-order valence-electron chi connectivity index (χ3n) is 8.72. The summed E-state index contributed by atoms with van der Waals surface area (Å²) in [5.74, 6) is -2.86. The van der Waals surface area contributed by atoms with Gasteiger partial charge >= 0.3 is 6.09 Å². The van der Waals surface area contributed by atoms with Gasteiger partial charge in [0.05, 0.1) is 19.8 Å². The summed E-state index contributed by atoms with van der Waals surface area (Å²) < 4.78 is 68.1. The highest BCUT2D eigenvalue weighted by atomic mass is 35.5. The Hall–Kier alpha value is -5.38. The van der Waals surface area contributed by atoms with E-state index in [0.29, 0.717) is 64.8 Å². The molecule has 0 radical (unpaired) electrons. The van der Waals surface area contributed by atoms with E-state index in [1.807, 2.05) is 0 Å². The second-order valence-electron chi connectivity index (χ2n) is 12.4. The number of halogens is 4. The highest BCUT2D eigenvalue weighted by Gasteiger charge is 2.38. The summed E-state index contributed by atoms with van der Waals surface area (Å²) in [6.45, 7) is 0.134. The van der Waals surface area contributed by atoms with Gasteiger partial charge in [0.1, 0.15) is 24.8 Å². The van der Waals surface area contributed by atoms with E-state index in [4.69, 9.17) is 35.3 Å². The van der Waals surface area contributed by atoms with Gasteiger partial charge in [0.25, 0.3) is 11.0 Å². The molecule has 2 amide bonds. The number of fused-ring (bicyclic) bond motifs is 1. The first kappa shape index (κ1) is 37.4. The third-order valence-corrected chi connectivity index (χ3v) is 9.07. The van der Waals surface area contributed by atoms with Gasteiger partial charge in [-0.05, 0) is 67.0 Å². The normalized spacial score (nSPS) is 14.9. The summed E-state index contributed by atoms with van der Waals surface area (Å²) in [6, 6.07) is 11.3. The zero-order valence-corrected chi connectivity index (χ0v) is 29.1. The van der Waals surface area contributed by atoms with Crippen LogP contribution in [0.5, 0.6) is 23.0 Å².